The van der Waals surface area contributed by atoms with E-state index >= 15 is 0 Å². The minimum atomic E-state index is -0.682. The van der Waals surface area contributed by atoms with E-state index in [0.717, 1.165) is 0 Å². The molecule has 0 saturated heterocycles. The van der Waals surface area contributed by atoms with Crippen LogP contribution in [0.4, 0.5) is 0 Å². The zero-order chi connectivity index (χ0) is 11.6. The van der Waals surface area contributed by atoms with Gasteiger partial charge < -0.3 is 10.8 Å². The van der Waals surface area contributed by atoms with Crippen LogP contribution in [0.3, 0.4) is 0 Å². The predicted molar refractivity (Wildman–Crippen MR) is 71.9 cm³/mol. The molecule has 0 aliphatic carbocycles. The monoisotopic (exact) mass is 303 g/mol. The third kappa shape index (κ3) is 3.39. The van der Waals surface area contributed by atoms with Crippen molar-refractivity contribution in [3.8, 4) is 0 Å². The largest absolute Gasteiger partial charge is 0.391 e. The van der Waals surface area contributed by atoms with Crippen LogP contribution < -0.4 is 5.73 Å². The lowest BCUT2D eigenvalue weighted by Crippen LogP contribution is -2.26. The Morgan fingerprint density at radius 2 is 1.75 bits per heavy atom. The second-order valence-electron chi connectivity index (χ2n) is 3.26. The van der Waals surface area contributed by atoms with Gasteiger partial charge in [0, 0.05) is 10.6 Å². The van der Waals surface area contributed by atoms with Crippen molar-refractivity contribution in [2.24, 2.45) is 5.73 Å². The van der Waals surface area contributed by atoms with Gasteiger partial charge in [-0.2, -0.15) is 0 Å². The molecule has 0 amide bonds. The zero-order valence-corrected chi connectivity index (χ0v) is 11.7. The molecular weight excluding hydrogens is 292 g/mol. The first-order chi connectivity index (χ1) is 6.99. The number of aliphatic hydroxyl groups excluding tert-OH is 1. The van der Waals surface area contributed by atoms with Crippen LogP contribution in [0.2, 0.25) is 15.1 Å². The smallest absolute Gasteiger partial charge is 0.0731 e. The summed E-state index contributed by atoms with van der Waals surface area (Å²) < 4.78 is 0. The summed E-state index contributed by atoms with van der Waals surface area (Å²) in [7, 11) is 0. The average molecular weight is 305 g/mol. The van der Waals surface area contributed by atoms with Gasteiger partial charge >= 0.3 is 0 Å². The maximum Gasteiger partial charge on any atom is 0.0731 e. The fraction of sp³-hybridized carbons (Fsp3) is 0.400. The third-order valence-electron chi connectivity index (χ3n) is 2.25. The first kappa shape index (κ1) is 16.3. The van der Waals surface area contributed by atoms with Crippen LogP contribution in [0.5, 0.6) is 0 Å². The molecule has 2 atom stereocenters. The van der Waals surface area contributed by atoms with Crippen molar-refractivity contribution in [3.63, 3.8) is 0 Å². The predicted octanol–water partition coefficient (Wildman–Crippen LogP) is 3.84. The van der Waals surface area contributed by atoms with Crippen molar-refractivity contribution in [2.45, 2.75) is 25.5 Å². The molecule has 0 fully saturated rings. The molecule has 1 aromatic carbocycles. The quantitative estimate of drug-likeness (QED) is 0.834. The zero-order valence-electron chi connectivity index (χ0n) is 8.58. The molecule has 6 heteroatoms. The molecule has 0 saturated carbocycles. The van der Waals surface area contributed by atoms with Gasteiger partial charge in [-0.25, -0.2) is 0 Å². The Balaban J connectivity index is 0.00000225. The van der Waals surface area contributed by atoms with Crippen LogP contribution in [0, 0.1) is 0 Å². The number of nitrogens with two attached hydrogens (primary N) is 1. The Morgan fingerprint density at radius 1 is 1.25 bits per heavy atom. The summed E-state index contributed by atoms with van der Waals surface area (Å²) in [6.45, 7) is 1.83. The lowest BCUT2D eigenvalue weighted by atomic mass is 10.0. The highest BCUT2D eigenvalue weighted by Gasteiger charge is 2.21. The van der Waals surface area contributed by atoms with Gasteiger partial charge in [0.2, 0.25) is 0 Å². The molecule has 1 rings (SSSR count). The van der Waals surface area contributed by atoms with Crippen LogP contribution in [-0.4, -0.2) is 11.2 Å². The SMILES string of the molecule is CC[C@H](O)[C@H](N)c1c(Cl)ccc(Cl)c1Cl.Cl. The van der Waals surface area contributed by atoms with Crippen molar-refractivity contribution in [2.75, 3.05) is 0 Å². The second-order valence-corrected chi connectivity index (χ2v) is 4.45. The standard InChI is InChI=1S/C10H12Cl3NO.ClH/c1-2-7(15)10(14)8-5(11)3-4-6(12)9(8)13;/h3-4,7,10,15H,2,14H2,1H3;1H/t7-,10-;/m0./s1. The Labute approximate surface area is 116 Å². The molecule has 0 aliphatic heterocycles. The number of halogens is 4. The van der Waals surface area contributed by atoms with E-state index in [2.05, 4.69) is 0 Å². The van der Waals surface area contributed by atoms with E-state index in [0.29, 0.717) is 27.1 Å². The Morgan fingerprint density at radius 3 is 2.25 bits per heavy atom. The lowest BCUT2D eigenvalue weighted by Gasteiger charge is -2.20. The molecule has 0 unspecified atom stereocenters. The molecule has 1 aromatic rings. The van der Waals surface area contributed by atoms with Gasteiger partial charge in [0.05, 0.1) is 22.2 Å². The van der Waals surface area contributed by atoms with Crippen molar-refractivity contribution >= 4 is 47.2 Å². The van der Waals surface area contributed by atoms with Crippen LogP contribution in [0.15, 0.2) is 12.1 Å². The molecule has 2 nitrogen and oxygen atoms in total. The minimum Gasteiger partial charge on any atom is -0.391 e. The molecule has 3 N–H and O–H groups in total. The fourth-order valence-corrected chi connectivity index (χ4v) is 2.08. The summed E-state index contributed by atoms with van der Waals surface area (Å²) in [4.78, 5) is 0. The van der Waals surface area contributed by atoms with E-state index in [1.807, 2.05) is 6.92 Å². The summed E-state index contributed by atoms with van der Waals surface area (Å²) in [5.74, 6) is 0. The summed E-state index contributed by atoms with van der Waals surface area (Å²) in [6, 6.07) is 2.60. The van der Waals surface area contributed by atoms with Crippen molar-refractivity contribution < 1.29 is 5.11 Å². The Kier molecular flexibility index (Phi) is 7.03. The van der Waals surface area contributed by atoms with Crippen LogP contribution in [0.25, 0.3) is 0 Å². The maximum absolute atomic E-state index is 9.63. The van der Waals surface area contributed by atoms with Gasteiger partial charge in [0.25, 0.3) is 0 Å². The summed E-state index contributed by atoms with van der Waals surface area (Å²) >= 11 is 17.8. The Bertz CT molecular complexity index is 359. The Hall–Kier alpha value is 0.300. The van der Waals surface area contributed by atoms with Gasteiger partial charge in [-0.3, -0.25) is 0 Å². The molecule has 0 aromatic heterocycles. The highest BCUT2D eigenvalue weighted by Crippen LogP contribution is 2.36. The van der Waals surface area contributed by atoms with Gasteiger partial charge in [0.1, 0.15) is 0 Å². The number of benzene rings is 1. The molecule has 16 heavy (non-hydrogen) atoms. The number of aliphatic hydroxyl groups is 1. The first-order valence-corrected chi connectivity index (χ1v) is 5.69. The molecule has 0 aliphatic rings. The molecule has 92 valence electrons. The first-order valence-electron chi connectivity index (χ1n) is 4.56. The van der Waals surface area contributed by atoms with E-state index in [1.54, 1.807) is 12.1 Å². The highest BCUT2D eigenvalue weighted by atomic mass is 35.5. The van der Waals surface area contributed by atoms with E-state index in [9.17, 15) is 5.11 Å². The van der Waals surface area contributed by atoms with Gasteiger partial charge in [-0.05, 0) is 18.6 Å². The van der Waals surface area contributed by atoms with Gasteiger partial charge in [-0.15, -0.1) is 12.4 Å². The molecule has 0 radical (unpaired) electrons. The summed E-state index contributed by atoms with van der Waals surface area (Å²) in [5.41, 5.74) is 6.34. The average Bonchev–Trinajstić information content (AvgIpc) is 2.22. The summed E-state index contributed by atoms with van der Waals surface area (Å²) in [5, 5.41) is 10.7. The van der Waals surface area contributed by atoms with E-state index < -0.39 is 12.1 Å². The van der Waals surface area contributed by atoms with E-state index in [4.69, 9.17) is 40.5 Å². The molecule has 0 spiro atoms. The molecular formula is C10H13Cl4NO. The van der Waals surface area contributed by atoms with Crippen molar-refractivity contribution in [1.82, 2.24) is 0 Å². The van der Waals surface area contributed by atoms with E-state index in [-0.39, 0.29) is 12.4 Å². The third-order valence-corrected chi connectivity index (χ3v) is 3.39. The fourth-order valence-electron chi connectivity index (χ4n) is 1.29. The molecule has 0 bridgehead atoms. The van der Waals surface area contributed by atoms with Gasteiger partial charge in [0.15, 0.2) is 0 Å². The van der Waals surface area contributed by atoms with Crippen molar-refractivity contribution in [3.05, 3.63) is 32.8 Å². The summed E-state index contributed by atoms with van der Waals surface area (Å²) in [6.07, 6.45) is -0.154. The van der Waals surface area contributed by atoms with Crippen LogP contribution in [0.1, 0.15) is 24.9 Å². The van der Waals surface area contributed by atoms with Crippen LogP contribution in [-0.2, 0) is 0 Å². The number of hydrogen-bond donors (Lipinski definition) is 2. The lowest BCUT2D eigenvalue weighted by molar-refractivity contribution is 0.141. The normalized spacial score (nSPS) is 14.1. The number of hydrogen-bond acceptors (Lipinski definition) is 2. The second kappa shape index (κ2) is 6.90. The van der Waals surface area contributed by atoms with Crippen LogP contribution >= 0.6 is 47.2 Å². The van der Waals surface area contributed by atoms with E-state index in [1.165, 1.54) is 0 Å². The minimum absolute atomic E-state index is 0. The van der Waals surface area contributed by atoms with Gasteiger partial charge in [-0.1, -0.05) is 41.7 Å². The molecule has 0 heterocycles. The highest BCUT2D eigenvalue weighted by molar-refractivity contribution is 6.44. The number of rotatable bonds is 3. The van der Waals surface area contributed by atoms with Crippen molar-refractivity contribution in [1.29, 1.82) is 0 Å². The topological polar surface area (TPSA) is 46.2 Å². The maximum atomic E-state index is 9.63.